The van der Waals surface area contributed by atoms with Gasteiger partial charge in [-0.15, -0.1) is 0 Å². The molecule has 1 fully saturated rings. The molecule has 0 saturated carbocycles. The fourth-order valence-corrected chi connectivity index (χ4v) is 6.27. The van der Waals surface area contributed by atoms with Crippen molar-refractivity contribution in [1.82, 2.24) is 10.0 Å². The van der Waals surface area contributed by atoms with E-state index in [2.05, 4.69) is 10.0 Å². The van der Waals surface area contributed by atoms with E-state index in [9.17, 15) is 23.1 Å². The van der Waals surface area contributed by atoms with E-state index in [-0.39, 0.29) is 29.3 Å². The zero-order valence-electron chi connectivity index (χ0n) is 23.7. The third kappa shape index (κ3) is 7.12. The molecule has 3 N–H and O–H groups in total. The number of nitrogens with zero attached hydrogens (tertiary/aromatic N) is 1. The Bertz CT molecular complexity index is 1740. The van der Waals surface area contributed by atoms with Crippen LogP contribution in [0.4, 0.5) is 10.1 Å². The SMILES string of the molecule is Cc1ccc(-c2ccc(C(=O)NC(Cc3ccc(N4CCC(NS(=O)(=O)c5ccc(C)cc5)C4)c(F)c3)C(=O)O)o2)cc1. The first kappa shape index (κ1) is 30.0. The highest BCUT2D eigenvalue weighted by Gasteiger charge is 2.29. The number of halogens is 1. The summed E-state index contributed by atoms with van der Waals surface area (Å²) in [6.45, 7) is 4.56. The van der Waals surface area contributed by atoms with E-state index in [4.69, 9.17) is 4.42 Å². The van der Waals surface area contributed by atoms with Crippen molar-refractivity contribution >= 4 is 27.6 Å². The van der Waals surface area contributed by atoms with Gasteiger partial charge in [-0.2, -0.15) is 0 Å². The molecule has 1 amide bonds. The van der Waals surface area contributed by atoms with Gasteiger partial charge in [0.1, 0.15) is 17.6 Å². The highest BCUT2D eigenvalue weighted by molar-refractivity contribution is 7.89. The molecule has 4 aromatic rings. The van der Waals surface area contributed by atoms with E-state index in [0.717, 1.165) is 16.7 Å². The Morgan fingerprint density at radius 1 is 1.00 bits per heavy atom. The van der Waals surface area contributed by atoms with Gasteiger partial charge in [0.15, 0.2) is 5.76 Å². The number of anilines is 1. The number of nitrogens with one attached hydrogen (secondary N) is 2. The monoisotopic (exact) mass is 605 g/mol. The number of carbonyl (C=O) groups excluding carboxylic acids is 1. The molecule has 2 heterocycles. The van der Waals surface area contributed by atoms with Gasteiger partial charge >= 0.3 is 5.97 Å². The van der Waals surface area contributed by atoms with Crippen molar-refractivity contribution in [2.75, 3.05) is 18.0 Å². The summed E-state index contributed by atoms with van der Waals surface area (Å²) in [6.07, 6.45) is 0.348. The van der Waals surface area contributed by atoms with E-state index < -0.39 is 39.8 Å². The lowest BCUT2D eigenvalue weighted by Crippen LogP contribution is -2.42. The van der Waals surface area contributed by atoms with Crippen LogP contribution in [-0.4, -0.2) is 50.6 Å². The molecule has 2 unspecified atom stereocenters. The Labute approximate surface area is 249 Å². The number of amides is 1. The fraction of sp³-hybridized carbons (Fsp3) is 0.250. The van der Waals surface area contributed by atoms with Crippen LogP contribution in [0, 0.1) is 19.7 Å². The molecule has 5 rings (SSSR count). The second-order valence-electron chi connectivity index (χ2n) is 10.8. The number of carboxylic acids is 1. The smallest absolute Gasteiger partial charge is 0.326 e. The van der Waals surface area contributed by atoms with E-state index in [1.165, 1.54) is 12.1 Å². The summed E-state index contributed by atoms with van der Waals surface area (Å²) < 4.78 is 49.1. The van der Waals surface area contributed by atoms with Gasteiger partial charge in [0.25, 0.3) is 5.91 Å². The molecule has 0 radical (unpaired) electrons. The van der Waals surface area contributed by atoms with Crippen molar-refractivity contribution in [3.05, 3.63) is 107 Å². The molecule has 1 aliphatic rings. The summed E-state index contributed by atoms with van der Waals surface area (Å²) in [7, 11) is -3.72. The minimum Gasteiger partial charge on any atom is -0.480 e. The Balaban J connectivity index is 1.21. The summed E-state index contributed by atoms with van der Waals surface area (Å²) in [5.74, 6) is -2.10. The zero-order valence-corrected chi connectivity index (χ0v) is 24.5. The van der Waals surface area contributed by atoms with Crippen LogP contribution in [0.2, 0.25) is 0 Å². The van der Waals surface area contributed by atoms with Crippen LogP contribution in [0.1, 0.15) is 33.7 Å². The third-order valence-corrected chi connectivity index (χ3v) is 8.94. The number of furan rings is 1. The molecule has 224 valence electrons. The Kier molecular flexibility index (Phi) is 8.65. The summed E-state index contributed by atoms with van der Waals surface area (Å²) in [5, 5.41) is 12.2. The van der Waals surface area contributed by atoms with Crippen LogP contribution in [0.3, 0.4) is 0 Å². The predicted molar refractivity (Wildman–Crippen MR) is 160 cm³/mol. The van der Waals surface area contributed by atoms with E-state index in [1.54, 1.807) is 47.4 Å². The summed E-state index contributed by atoms with van der Waals surface area (Å²) in [6, 6.07) is 19.9. The van der Waals surface area contributed by atoms with E-state index >= 15 is 4.39 Å². The minimum atomic E-state index is -3.72. The molecule has 2 atom stereocenters. The largest absolute Gasteiger partial charge is 0.480 e. The molecule has 0 aliphatic carbocycles. The number of hydrogen-bond donors (Lipinski definition) is 3. The lowest BCUT2D eigenvalue weighted by atomic mass is 10.0. The first-order valence-corrected chi connectivity index (χ1v) is 15.3. The van der Waals surface area contributed by atoms with Crippen LogP contribution in [0.25, 0.3) is 11.3 Å². The van der Waals surface area contributed by atoms with Crippen molar-refractivity contribution in [1.29, 1.82) is 0 Å². The van der Waals surface area contributed by atoms with Gasteiger partial charge in [-0.1, -0.05) is 53.6 Å². The molecule has 11 heteroatoms. The average molecular weight is 606 g/mol. The third-order valence-electron chi connectivity index (χ3n) is 7.40. The second kappa shape index (κ2) is 12.4. The molecular formula is C32H32FN3O6S. The molecule has 0 bridgehead atoms. The number of aryl methyl sites for hydroxylation is 2. The van der Waals surface area contributed by atoms with E-state index in [1.807, 2.05) is 38.1 Å². The van der Waals surface area contributed by atoms with Gasteiger partial charge in [0.2, 0.25) is 10.0 Å². The normalized spacial score (nSPS) is 15.8. The fourth-order valence-electron chi connectivity index (χ4n) is 5.01. The van der Waals surface area contributed by atoms with Gasteiger partial charge in [-0.25, -0.2) is 22.3 Å². The Hall–Kier alpha value is -4.48. The van der Waals surface area contributed by atoms with Crippen molar-refractivity contribution < 1.29 is 31.9 Å². The maximum atomic E-state index is 15.2. The summed E-state index contributed by atoms with van der Waals surface area (Å²) in [5.41, 5.74) is 3.48. The van der Waals surface area contributed by atoms with Crippen molar-refractivity contribution in [3.8, 4) is 11.3 Å². The van der Waals surface area contributed by atoms with Crippen LogP contribution >= 0.6 is 0 Å². The minimum absolute atomic E-state index is 0.0371. The highest BCUT2D eigenvalue weighted by atomic mass is 32.2. The maximum Gasteiger partial charge on any atom is 0.326 e. The number of sulfonamides is 1. The molecular weight excluding hydrogens is 573 g/mol. The topological polar surface area (TPSA) is 129 Å². The van der Waals surface area contributed by atoms with Gasteiger partial charge in [-0.3, -0.25) is 4.79 Å². The molecule has 1 aliphatic heterocycles. The summed E-state index contributed by atoms with van der Waals surface area (Å²) in [4.78, 5) is 26.7. The van der Waals surface area contributed by atoms with Crippen molar-refractivity contribution in [2.24, 2.45) is 0 Å². The molecule has 1 saturated heterocycles. The Morgan fingerprint density at radius 3 is 2.33 bits per heavy atom. The maximum absolute atomic E-state index is 15.2. The van der Waals surface area contributed by atoms with Gasteiger partial charge < -0.3 is 19.7 Å². The number of carbonyl (C=O) groups is 2. The lowest BCUT2D eigenvalue weighted by Gasteiger charge is -2.21. The molecule has 9 nitrogen and oxygen atoms in total. The van der Waals surface area contributed by atoms with Crippen molar-refractivity contribution in [3.63, 3.8) is 0 Å². The van der Waals surface area contributed by atoms with Crippen molar-refractivity contribution in [2.45, 2.75) is 43.7 Å². The zero-order chi connectivity index (χ0) is 30.7. The van der Waals surface area contributed by atoms with E-state index in [0.29, 0.717) is 24.3 Å². The van der Waals surface area contributed by atoms with Gasteiger partial charge in [0.05, 0.1) is 10.6 Å². The first-order valence-electron chi connectivity index (χ1n) is 13.8. The van der Waals surface area contributed by atoms with Crippen LogP contribution in [-0.2, 0) is 21.2 Å². The van der Waals surface area contributed by atoms with Gasteiger partial charge in [0, 0.05) is 31.1 Å². The highest BCUT2D eigenvalue weighted by Crippen LogP contribution is 2.27. The molecule has 0 spiro atoms. The molecule has 1 aromatic heterocycles. The lowest BCUT2D eigenvalue weighted by molar-refractivity contribution is -0.139. The van der Waals surface area contributed by atoms with Crippen LogP contribution in [0.5, 0.6) is 0 Å². The average Bonchev–Trinajstić information content (AvgIpc) is 3.63. The standard InChI is InChI=1S/C32H32FN3O6S/c1-20-3-8-23(9-4-20)29-13-14-30(42-29)31(37)34-27(32(38)39)18-22-7-12-28(26(33)17-22)36-16-15-24(19-36)35-43(40,41)25-10-5-21(2)6-11-25/h3-14,17,24,27,35H,15-16,18-19H2,1-2H3,(H,34,37)(H,38,39). The number of benzene rings is 3. The molecule has 3 aromatic carbocycles. The molecule has 43 heavy (non-hydrogen) atoms. The van der Waals surface area contributed by atoms with Crippen LogP contribution in [0.15, 0.2) is 88.2 Å². The van der Waals surface area contributed by atoms with Gasteiger partial charge in [-0.05, 0) is 62.2 Å². The first-order chi connectivity index (χ1) is 20.5. The quantitative estimate of drug-likeness (QED) is 0.239. The number of rotatable bonds is 10. The number of carboxylic acid groups (broad SMARTS) is 1. The number of hydrogen-bond acceptors (Lipinski definition) is 6. The number of aliphatic carboxylic acids is 1. The predicted octanol–water partition coefficient (Wildman–Crippen LogP) is 4.69. The second-order valence-corrected chi connectivity index (χ2v) is 12.5. The van der Waals surface area contributed by atoms with Crippen LogP contribution < -0.4 is 14.9 Å². The summed E-state index contributed by atoms with van der Waals surface area (Å²) >= 11 is 0. The Morgan fingerprint density at radius 2 is 1.67 bits per heavy atom.